The molecule has 0 saturated heterocycles. The molecule has 0 radical (unpaired) electrons. The molecule has 0 aliphatic carbocycles. The number of carbonyl (C=O) groups is 2. The molecule has 2 rings (SSSR count). The highest BCUT2D eigenvalue weighted by atomic mass is 35.5. The third kappa shape index (κ3) is 7.50. The Kier molecular flexibility index (Phi) is 7.87. The molecule has 0 bridgehead atoms. The van der Waals surface area contributed by atoms with E-state index < -0.39 is 16.0 Å². The van der Waals surface area contributed by atoms with Crippen molar-refractivity contribution in [2.45, 2.75) is 6.42 Å². The largest absolute Gasteiger partial charge is 0.456 e. The molecule has 0 fully saturated rings. The maximum absolute atomic E-state index is 12.2. The molecule has 2 aromatic heterocycles. The van der Waals surface area contributed by atoms with Gasteiger partial charge in [-0.3, -0.25) is 9.59 Å². The average Bonchev–Trinajstić information content (AvgIpc) is 3.08. The van der Waals surface area contributed by atoms with Gasteiger partial charge in [0.05, 0.1) is 11.1 Å². The predicted molar refractivity (Wildman–Crippen MR) is 106 cm³/mol. The Balaban J connectivity index is 1.78. The molecule has 0 amide bonds. The van der Waals surface area contributed by atoms with Gasteiger partial charge in [0.15, 0.2) is 17.6 Å². The summed E-state index contributed by atoms with van der Waals surface area (Å²) < 4.78 is 29.5. The van der Waals surface area contributed by atoms with Crippen molar-refractivity contribution in [3.63, 3.8) is 0 Å². The average molecular weight is 447 g/mol. The summed E-state index contributed by atoms with van der Waals surface area (Å²) in [5.41, 5.74) is 0. The normalized spacial score (nSPS) is 11.2. The Labute approximate surface area is 171 Å². The highest BCUT2D eigenvalue weighted by Crippen LogP contribution is 2.18. The molecule has 28 heavy (non-hydrogen) atoms. The number of thiophene rings is 1. The summed E-state index contributed by atoms with van der Waals surface area (Å²) in [5, 5.41) is 7.78. The molecule has 2 heterocycles. The van der Waals surface area contributed by atoms with Crippen molar-refractivity contribution >= 4 is 50.5 Å². The van der Waals surface area contributed by atoms with E-state index in [1.807, 2.05) is 0 Å². The number of ether oxygens (including phenoxy) is 1. The van der Waals surface area contributed by atoms with Gasteiger partial charge in [0.25, 0.3) is 0 Å². The minimum atomic E-state index is -3.24. The van der Waals surface area contributed by atoms with E-state index in [0.29, 0.717) is 17.1 Å². The summed E-state index contributed by atoms with van der Waals surface area (Å²) >= 11 is 6.90. The van der Waals surface area contributed by atoms with Crippen LogP contribution in [0.3, 0.4) is 0 Å². The smallest absolute Gasteiger partial charge is 0.326 e. The number of likely N-dealkylation sites (N-methyl/N-ethyl adjacent to an activating group) is 1. The molecule has 0 aliphatic heterocycles. The summed E-state index contributed by atoms with van der Waals surface area (Å²) in [6, 6.07) is 6.54. The van der Waals surface area contributed by atoms with E-state index in [1.54, 1.807) is 31.3 Å². The zero-order valence-electron chi connectivity index (χ0n) is 15.2. The Morgan fingerprint density at radius 1 is 1.25 bits per heavy atom. The van der Waals surface area contributed by atoms with Crippen molar-refractivity contribution in [1.29, 1.82) is 0 Å². The zero-order valence-corrected chi connectivity index (χ0v) is 17.6. The van der Waals surface area contributed by atoms with Crippen LogP contribution in [-0.4, -0.2) is 63.4 Å². The van der Waals surface area contributed by atoms with Gasteiger partial charge < -0.3 is 9.64 Å². The molecule has 9 nitrogen and oxygen atoms in total. The van der Waals surface area contributed by atoms with E-state index in [4.69, 9.17) is 16.3 Å². The predicted octanol–water partition coefficient (Wildman–Crippen LogP) is 1.15. The van der Waals surface area contributed by atoms with E-state index >= 15 is 0 Å². The number of nitrogens with zero attached hydrogens (tertiary/aromatic N) is 3. The summed E-state index contributed by atoms with van der Waals surface area (Å²) in [5.74, 6) is -0.463. The molecule has 1 N–H and O–H groups in total. The number of esters is 1. The van der Waals surface area contributed by atoms with Crippen LogP contribution in [0.15, 0.2) is 24.3 Å². The molecule has 2 aromatic rings. The number of hydrogen-bond donors (Lipinski definition) is 1. The third-order valence-corrected chi connectivity index (χ3v) is 5.53. The quantitative estimate of drug-likeness (QED) is 0.426. The Hall–Kier alpha value is -2.08. The van der Waals surface area contributed by atoms with Gasteiger partial charge in [-0.25, -0.2) is 13.1 Å². The molecular weight excluding hydrogens is 428 g/mol. The van der Waals surface area contributed by atoms with Crippen LogP contribution in [0.4, 0.5) is 5.82 Å². The van der Waals surface area contributed by atoms with Crippen LogP contribution in [0, 0.1) is 0 Å². The van der Waals surface area contributed by atoms with Crippen LogP contribution in [-0.2, 0) is 26.0 Å². The lowest BCUT2D eigenvalue weighted by Crippen LogP contribution is -2.29. The lowest BCUT2D eigenvalue weighted by atomic mass is 10.3. The second-order valence-electron chi connectivity index (χ2n) is 5.84. The number of sulfonamides is 1. The Morgan fingerprint density at radius 2 is 2.00 bits per heavy atom. The first-order valence-electron chi connectivity index (χ1n) is 8.06. The van der Waals surface area contributed by atoms with Crippen molar-refractivity contribution in [2.24, 2.45) is 0 Å². The van der Waals surface area contributed by atoms with Gasteiger partial charge in [-0.15, -0.1) is 21.5 Å². The number of anilines is 1. The van der Waals surface area contributed by atoms with Crippen LogP contribution >= 0.6 is 22.9 Å². The lowest BCUT2D eigenvalue weighted by molar-refractivity contribution is -0.140. The lowest BCUT2D eigenvalue weighted by Gasteiger charge is -2.16. The zero-order chi connectivity index (χ0) is 20.7. The second kappa shape index (κ2) is 9.92. The topological polar surface area (TPSA) is 119 Å². The van der Waals surface area contributed by atoms with Crippen molar-refractivity contribution in [2.75, 3.05) is 37.9 Å². The van der Waals surface area contributed by atoms with E-state index in [9.17, 15) is 18.0 Å². The molecule has 0 spiro atoms. The highest BCUT2D eigenvalue weighted by Gasteiger charge is 2.15. The van der Waals surface area contributed by atoms with Gasteiger partial charge >= 0.3 is 5.97 Å². The third-order valence-electron chi connectivity index (χ3n) is 3.41. The number of rotatable bonds is 10. The fourth-order valence-electron chi connectivity index (χ4n) is 2.07. The fraction of sp³-hybridized carbons (Fsp3) is 0.375. The standard InChI is InChI=1S/C16H19ClN4O5S2/c1-21(15-6-5-14(17)19-20-15)9-16(23)26-10-12(22)13-4-3-11(27-13)7-8-18-28(2,24)25/h3-6,18H,7-10H2,1-2H3. The SMILES string of the molecule is CN(CC(=O)OCC(=O)c1ccc(CCNS(C)(=O)=O)s1)c1ccc(Cl)nn1. The maximum atomic E-state index is 12.2. The fourth-order valence-corrected chi connectivity index (χ4v) is 3.58. The highest BCUT2D eigenvalue weighted by molar-refractivity contribution is 7.88. The molecular formula is C16H19ClN4O5S2. The number of Topliss-reactive ketones (excluding diaryl/α,β-unsaturated/α-hetero) is 1. The number of ketones is 1. The summed E-state index contributed by atoms with van der Waals surface area (Å²) in [6.07, 6.45) is 1.55. The first kappa shape index (κ1) is 22.2. The van der Waals surface area contributed by atoms with Gasteiger partial charge in [-0.2, -0.15) is 0 Å². The van der Waals surface area contributed by atoms with E-state index in [1.165, 1.54) is 16.2 Å². The van der Waals surface area contributed by atoms with Crippen molar-refractivity contribution in [1.82, 2.24) is 14.9 Å². The molecule has 0 aliphatic rings. The minimum Gasteiger partial charge on any atom is -0.456 e. The summed E-state index contributed by atoms with van der Waals surface area (Å²) in [6.45, 7) is -0.223. The second-order valence-corrected chi connectivity index (χ2v) is 9.23. The Morgan fingerprint density at radius 3 is 2.64 bits per heavy atom. The van der Waals surface area contributed by atoms with Gasteiger partial charge in [-0.05, 0) is 30.7 Å². The first-order chi connectivity index (χ1) is 13.1. The molecule has 0 unspecified atom stereocenters. The van der Waals surface area contributed by atoms with E-state index in [-0.39, 0.29) is 30.6 Å². The van der Waals surface area contributed by atoms with Crippen LogP contribution in [0.25, 0.3) is 0 Å². The number of carbonyl (C=O) groups excluding carboxylic acids is 2. The Bertz CT molecular complexity index is 931. The van der Waals surface area contributed by atoms with Gasteiger partial charge in [0.2, 0.25) is 15.8 Å². The molecule has 0 aromatic carbocycles. The summed E-state index contributed by atoms with van der Waals surface area (Å²) in [7, 11) is -1.61. The van der Waals surface area contributed by atoms with Gasteiger partial charge in [-0.1, -0.05) is 11.6 Å². The van der Waals surface area contributed by atoms with Crippen LogP contribution in [0.1, 0.15) is 14.5 Å². The van der Waals surface area contributed by atoms with Gasteiger partial charge in [0, 0.05) is 18.5 Å². The van der Waals surface area contributed by atoms with Crippen LogP contribution < -0.4 is 9.62 Å². The molecule has 152 valence electrons. The molecule has 0 saturated carbocycles. The number of halogens is 1. The van der Waals surface area contributed by atoms with Gasteiger partial charge in [0.1, 0.15) is 6.54 Å². The number of aromatic nitrogens is 2. The minimum absolute atomic E-state index is 0.101. The van der Waals surface area contributed by atoms with Crippen LogP contribution in [0.2, 0.25) is 5.15 Å². The number of hydrogen-bond acceptors (Lipinski definition) is 9. The monoisotopic (exact) mass is 446 g/mol. The molecule has 12 heteroatoms. The van der Waals surface area contributed by atoms with E-state index in [0.717, 1.165) is 11.1 Å². The van der Waals surface area contributed by atoms with Crippen molar-refractivity contribution < 1.29 is 22.7 Å². The first-order valence-corrected chi connectivity index (χ1v) is 11.1. The maximum Gasteiger partial charge on any atom is 0.326 e. The van der Waals surface area contributed by atoms with E-state index in [2.05, 4.69) is 14.9 Å². The van der Waals surface area contributed by atoms with Crippen molar-refractivity contribution in [3.05, 3.63) is 39.2 Å². The van der Waals surface area contributed by atoms with Crippen LogP contribution in [0.5, 0.6) is 0 Å². The van der Waals surface area contributed by atoms with Crippen molar-refractivity contribution in [3.8, 4) is 0 Å². The summed E-state index contributed by atoms with van der Waals surface area (Å²) in [4.78, 5) is 26.9. The molecule has 0 atom stereocenters. The number of nitrogens with one attached hydrogen (secondary N) is 1.